The number of benzene rings is 3. The van der Waals surface area contributed by atoms with Gasteiger partial charge in [-0.05, 0) is 42.0 Å². The normalized spacial score (nSPS) is 11.7. The maximum Gasteiger partial charge on any atom is 0.251 e. The molecular formula is C24H20ClN3O3. The van der Waals surface area contributed by atoms with E-state index in [-0.39, 0.29) is 5.91 Å². The number of nitrogens with zero attached hydrogens (tertiary/aromatic N) is 2. The molecule has 0 bridgehead atoms. The van der Waals surface area contributed by atoms with Crippen molar-refractivity contribution in [2.45, 2.75) is 12.5 Å². The third kappa shape index (κ3) is 5.10. The molecule has 4 aromatic rings. The molecule has 4 rings (SSSR count). The van der Waals surface area contributed by atoms with Crippen molar-refractivity contribution in [3.05, 3.63) is 101 Å². The number of hydrogen-bond acceptors (Lipinski definition) is 5. The first-order chi connectivity index (χ1) is 15.1. The van der Waals surface area contributed by atoms with Crippen LogP contribution >= 0.6 is 11.6 Å². The van der Waals surface area contributed by atoms with Crippen molar-refractivity contribution in [3.63, 3.8) is 0 Å². The van der Waals surface area contributed by atoms with Gasteiger partial charge >= 0.3 is 0 Å². The van der Waals surface area contributed by atoms with Gasteiger partial charge in [-0.15, -0.1) is 0 Å². The van der Waals surface area contributed by atoms with Crippen LogP contribution in [0.4, 0.5) is 0 Å². The summed E-state index contributed by atoms with van der Waals surface area (Å²) in [6, 6.07) is 23.4. The Labute approximate surface area is 184 Å². The van der Waals surface area contributed by atoms with Gasteiger partial charge in [-0.2, -0.15) is 4.98 Å². The fourth-order valence-electron chi connectivity index (χ4n) is 3.16. The highest BCUT2D eigenvalue weighted by molar-refractivity contribution is 6.30. The monoisotopic (exact) mass is 433 g/mol. The van der Waals surface area contributed by atoms with Gasteiger partial charge < -0.3 is 14.6 Å². The lowest BCUT2D eigenvalue weighted by Crippen LogP contribution is -2.30. The zero-order valence-electron chi connectivity index (χ0n) is 16.8. The van der Waals surface area contributed by atoms with Gasteiger partial charge in [-0.1, -0.05) is 59.2 Å². The molecular weight excluding hydrogens is 414 g/mol. The highest BCUT2D eigenvalue weighted by Gasteiger charge is 2.23. The van der Waals surface area contributed by atoms with E-state index in [9.17, 15) is 4.79 Å². The summed E-state index contributed by atoms with van der Waals surface area (Å²) < 4.78 is 10.7. The molecule has 0 aliphatic rings. The van der Waals surface area contributed by atoms with Gasteiger partial charge in [0.25, 0.3) is 5.91 Å². The van der Waals surface area contributed by atoms with Crippen LogP contribution in [0.3, 0.4) is 0 Å². The molecule has 1 amide bonds. The first-order valence-electron chi connectivity index (χ1n) is 9.71. The smallest absolute Gasteiger partial charge is 0.251 e. The first-order valence-corrected chi connectivity index (χ1v) is 10.1. The average Bonchev–Trinajstić information content (AvgIpc) is 3.30. The molecule has 0 aliphatic heterocycles. The van der Waals surface area contributed by atoms with Crippen LogP contribution in [-0.2, 0) is 6.42 Å². The lowest BCUT2D eigenvalue weighted by atomic mass is 10.1. The minimum atomic E-state index is -0.502. The highest BCUT2D eigenvalue weighted by atomic mass is 35.5. The van der Waals surface area contributed by atoms with E-state index in [1.807, 2.05) is 42.5 Å². The zero-order chi connectivity index (χ0) is 21.6. The Hall–Kier alpha value is -3.64. The zero-order valence-corrected chi connectivity index (χ0v) is 17.5. The fourth-order valence-corrected chi connectivity index (χ4v) is 3.35. The quantitative estimate of drug-likeness (QED) is 0.438. The SMILES string of the molecule is COc1ccc(C(=O)NC(Cc2ccccc2)c2nc(-c3cccc(Cl)c3)no2)cc1. The minimum absolute atomic E-state index is 0.244. The summed E-state index contributed by atoms with van der Waals surface area (Å²) >= 11 is 6.08. The van der Waals surface area contributed by atoms with Crippen LogP contribution in [0.25, 0.3) is 11.4 Å². The average molecular weight is 434 g/mol. The van der Waals surface area contributed by atoms with Crippen LogP contribution in [0.1, 0.15) is 27.9 Å². The lowest BCUT2D eigenvalue weighted by molar-refractivity contribution is 0.0928. The molecule has 0 fully saturated rings. The van der Waals surface area contributed by atoms with Gasteiger partial charge in [0, 0.05) is 22.6 Å². The third-order valence-electron chi connectivity index (χ3n) is 4.76. The van der Waals surface area contributed by atoms with Crippen LogP contribution in [0.15, 0.2) is 83.4 Å². The molecule has 0 aliphatic carbocycles. The lowest BCUT2D eigenvalue weighted by Gasteiger charge is -2.15. The van der Waals surface area contributed by atoms with Crippen LogP contribution in [0.5, 0.6) is 5.75 Å². The number of rotatable bonds is 7. The number of methoxy groups -OCH3 is 1. The Bertz CT molecular complexity index is 1160. The van der Waals surface area contributed by atoms with Crippen molar-refractivity contribution >= 4 is 17.5 Å². The van der Waals surface area contributed by atoms with Gasteiger partial charge in [0.15, 0.2) is 0 Å². The van der Waals surface area contributed by atoms with Crippen molar-refractivity contribution in [2.75, 3.05) is 7.11 Å². The van der Waals surface area contributed by atoms with Gasteiger partial charge in [0.05, 0.1) is 7.11 Å². The summed E-state index contributed by atoms with van der Waals surface area (Å²) in [5, 5.41) is 7.67. The minimum Gasteiger partial charge on any atom is -0.497 e. The topological polar surface area (TPSA) is 77.2 Å². The van der Waals surface area contributed by atoms with Gasteiger partial charge in [-0.25, -0.2) is 0 Å². The number of ether oxygens (including phenoxy) is 1. The Morgan fingerprint density at radius 1 is 1.06 bits per heavy atom. The third-order valence-corrected chi connectivity index (χ3v) is 5.00. The number of carbonyl (C=O) groups excluding carboxylic acids is 1. The summed E-state index contributed by atoms with van der Waals surface area (Å²) in [6.07, 6.45) is 0.500. The molecule has 1 unspecified atom stereocenters. The van der Waals surface area contributed by atoms with E-state index in [1.54, 1.807) is 43.5 Å². The molecule has 1 heterocycles. The molecule has 0 spiro atoms. The summed E-state index contributed by atoms with van der Waals surface area (Å²) in [6.45, 7) is 0. The highest BCUT2D eigenvalue weighted by Crippen LogP contribution is 2.24. The van der Waals surface area contributed by atoms with Crippen molar-refractivity contribution < 1.29 is 14.1 Å². The second-order valence-electron chi connectivity index (χ2n) is 6.91. The van der Waals surface area contributed by atoms with Gasteiger partial charge in [0.2, 0.25) is 11.7 Å². The Balaban J connectivity index is 1.60. The van der Waals surface area contributed by atoms with Gasteiger partial charge in [0.1, 0.15) is 11.8 Å². The molecule has 1 N–H and O–H groups in total. The molecule has 1 aromatic heterocycles. The number of amides is 1. The standard InChI is InChI=1S/C24H20ClN3O3/c1-30-20-12-10-17(11-13-20)23(29)26-21(14-16-6-3-2-4-7-16)24-27-22(28-31-24)18-8-5-9-19(25)15-18/h2-13,15,21H,14H2,1H3,(H,26,29). The van der Waals surface area contributed by atoms with Crippen molar-refractivity contribution in [1.29, 1.82) is 0 Å². The number of hydrogen-bond donors (Lipinski definition) is 1. The van der Waals surface area contributed by atoms with Crippen LogP contribution in [-0.4, -0.2) is 23.2 Å². The van der Waals surface area contributed by atoms with E-state index in [1.165, 1.54) is 0 Å². The summed E-state index contributed by atoms with van der Waals surface area (Å²) in [5.41, 5.74) is 2.28. The maximum absolute atomic E-state index is 12.9. The Kier molecular flexibility index (Phi) is 6.29. The maximum atomic E-state index is 12.9. The summed E-state index contributed by atoms with van der Waals surface area (Å²) in [5.74, 6) is 1.17. The van der Waals surface area contributed by atoms with E-state index in [0.717, 1.165) is 11.1 Å². The molecule has 1 atom stereocenters. The molecule has 7 heteroatoms. The molecule has 3 aromatic carbocycles. The van der Waals surface area contributed by atoms with Crippen molar-refractivity contribution in [1.82, 2.24) is 15.5 Å². The van der Waals surface area contributed by atoms with Crippen LogP contribution < -0.4 is 10.1 Å². The largest absolute Gasteiger partial charge is 0.497 e. The predicted molar refractivity (Wildman–Crippen MR) is 118 cm³/mol. The number of halogens is 1. The number of aromatic nitrogens is 2. The Morgan fingerprint density at radius 3 is 2.55 bits per heavy atom. The Morgan fingerprint density at radius 2 is 1.84 bits per heavy atom. The van der Waals surface area contributed by atoms with E-state index < -0.39 is 6.04 Å². The van der Waals surface area contributed by atoms with Crippen LogP contribution in [0.2, 0.25) is 5.02 Å². The van der Waals surface area contributed by atoms with Crippen molar-refractivity contribution in [3.8, 4) is 17.1 Å². The second kappa shape index (κ2) is 9.45. The molecule has 6 nitrogen and oxygen atoms in total. The molecule has 31 heavy (non-hydrogen) atoms. The van der Waals surface area contributed by atoms with Gasteiger partial charge in [-0.3, -0.25) is 4.79 Å². The van der Waals surface area contributed by atoms with Crippen LogP contribution in [0, 0.1) is 0 Å². The predicted octanol–water partition coefficient (Wildman–Crippen LogP) is 5.11. The molecule has 0 saturated heterocycles. The fraction of sp³-hybridized carbons (Fsp3) is 0.125. The summed E-state index contributed by atoms with van der Waals surface area (Å²) in [4.78, 5) is 17.4. The number of carbonyl (C=O) groups is 1. The van der Waals surface area contributed by atoms with Crippen molar-refractivity contribution in [2.24, 2.45) is 0 Å². The molecule has 0 saturated carbocycles. The first kappa shape index (κ1) is 20.6. The molecule has 0 radical (unpaired) electrons. The van der Waals surface area contributed by atoms with E-state index >= 15 is 0 Å². The molecule has 156 valence electrons. The number of nitrogens with one attached hydrogen (secondary N) is 1. The van der Waals surface area contributed by atoms with E-state index in [4.69, 9.17) is 20.9 Å². The second-order valence-corrected chi connectivity index (χ2v) is 7.35. The van der Waals surface area contributed by atoms with E-state index in [2.05, 4.69) is 15.5 Å². The summed E-state index contributed by atoms with van der Waals surface area (Å²) in [7, 11) is 1.58. The van der Waals surface area contributed by atoms with E-state index in [0.29, 0.717) is 34.5 Å².